The minimum Gasteiger partial charge on any atom is -0.356 e. The Morgan fingerprint density at radius 3 is 2.55 bits per heavy atom. The smallest absolute Gasteiger partial charge is 0.191 e. The predicted octanol–water partition coefficient (Wildman–Crippen LogP) is 3.36. The first-order valence-electron chi connectivity index (χ1n) is 11.7. The van der Waals surface area contributed by atoms with Crippen LogP contribution in [0.5, 0.6) is 0 Å². The number of likely N-dealkylation sites (tertiary alicyclic amines) is 1. The van der Waals surface area contributed by atoms with Gasteiger partial charge in [-0.3, -0.25) is 4.90 Å². The molecule has 1 fully saturated rings. The van der Waals surface area contributed by atoms with Crippen LogP contribution in [-0.4, -0.2) is 57.8 Å². The van der Waals surface area contributed by atoms with Gasteiger partial charge in [0, 0.05) is 31.1 Å². The molecule has 172 valence electrons. The molecule has 1 aliphatic rings. The lowest BCUT2D eigenvalue weighted by Gasteiger charge is -2.34. The Labute approximate surface area is 191 Å². The summed E-state index contributed by atoms with van der Waals surface area (Å²) in [5.74, 6) is 3.24. The highest BCUT2D eigenvalue weighted by molar-refractivity contribution is 7.09. The number of nitrogens with one attached hydrogen (secondary N) is 2. The second-order valence-corrected chi connectivity index (χ2v) is 9.82. The highest BCUT2D eigenvalue weighted by atomic mass is 32.1. The molecule has 0 radical (unpaired) electrons. The standard InChI is InChI=1S/C23H39N7S/c1-18(2)21(30-13-7-5-6-8-14-30)16-25-23(24-12-11-20-10-9-15-31-20)26-17-22-28-27-19(3)29(22)4/h9-10,15,18,21H,5-8,11-14,16-17H2,1-4H3,(H2,24,25,26). The molecular weight excluding hydrogens is 406 g/mol. The molecule has 0 saturated carbocycles. The molecule has 0 spiro atoms. The lowest BCUT2D eigenvalue weighted by Crippen LogP contribution is -2.50. The molecule has 0 amide bonds. The van der Waals surface area contributed by atoms with Gasteiger partial charge in [-0.25, -0.2) is 4.99 Å². The van der Waals surface area contributed by atoms with Crippen LogP contribution in [0.4, 0.5) is 0 Å². The number of hydrogen-bond acceptors (Lipinski definition) is 5. The van der Waals surface area contributed by atoms with E-state index >= 15 is 0 Å². The maximum atomic E-state index is 4.84. The Bertz CT molecular complexity index is 789. The zero-order chi connectivity index (χ0) is 22.1. The van der Waals surface area contributed by atoms with Gasteiger partial charge in [0.05, 0.1) is 0 Å². The van der Waals surface area contributed by atoms with Gasteiger partial charge in [-0.15, -0.1) is 21.5 Å². The van der Waals surface area contributed by atoms with Gasteiger partial charge >= 0.3 is 0 Å². The number of guanidine groups is 1. The van der Waals surface area contributed by atoms with Crippen LogP contribution >= 0.6 is 11.3 Å². The second kappa shape index (κ2) is 12.2. The molecule has 3 heterocycles. The maximum Gasteiger partial charge on any atom is 0.191 e. The third kappa shape index (κ3) is 7.31. The van der Waals surface area contributed by atoms with E-state index in [1.807, 2.05) is 18.5 Å². The molecule has 2 aromatic rings. The summed E-state index contributed by atoms with van der Waals surface area (Å²) in [5, 5.41) is 17.7. The van der Waals surface area contributed by atoms with Gasteiger partial charge in [0.15, 0.2) is 11.8 Å². The zero-order valence-corrected chi connectivity index (χ0v) is 20.4. The van der Waals surface area contributed by atoms with Crippen molar-refractivity contribution in [1.82, 2.24) is 30.3 Å². The minimum absolute atomic E-state index is 0.513. The van der Waals surface area contributed by atoms with E-state index in [0.29, 0.717) is 18.5 Å². The number of thiophene rings is 1. The second-order valence-electron chi connectivity index (χ2n) is 8.79. The predicted molar refractivity (Wildman–Crippen MR) is 130 cm³/mol. The largest absolute Gasteiger partial charge is 0.356 e. The van der Waals surface area contributed by atoms with Crippen LogP contribution in [0.1, 0.15) is 56.1 Å². The van der Waals surface area contributed by atoms with Gasteiger partial charge < -0.3 is 15.2 Å². The van der Waals surface area contributed by atoms with Crippen molar-refractivity contribution in [3.05, 3.63) is 34.0 Å². The van der Waals surface area contributed by atoms with Crippen molar-refractivity contribution in [2.24, 2.45) is 18.0 Å². The fourth-order valence-corrected chi connectivity index (χ4v) is 4.80. The first-order chi connectivity index (χ1) is 15.0. The first kappa shape index (κ1) is 23.7. The number of rotatable bonds is 9. The van der Waals surface area contributed by atoms with E-state index in [1.165, 1.54) is 43.6 Å². The molecule has 2 N–H and O–H groups in total. The third-order valence-electron chi connectivity index (χ3n) is 6.16. The molecular formula is C23H39N7S. The van der Waals surface area contributed by atoms with Crippen molar-refractivity contribution in [3.63, 3.8) is 0 Å². The van der Waals surface area contributed by atoms with Crippen molar-refractivity contribution in [3.8, 4) is 0 Å². The van der Waals surface area contributed by atoms with E-state index in [-0.39, 0.29) is 0 Å². The van der Waals surface area contributed by atoms with Crippen molar-refractivity contribution in [2.75, 3.05) is 26.2 Å². The maximum absolute atomic E-state index is 4.84. The summed E-state index contributed by atoms with van der Waals surface area (Å²) < 4.78 is 2.00. The van der Waals surface area contributed by atoms with Gasteiger partial charge in [-0.2, -0.15) is 0 Å². The summed E-state index contributed by atoms with van der Waals surface area (Å²) in [6.45, 7) is 11.3. The Balaban J connectivity index is 1.63. The van der Waals surface area contributed by atoms with Crippen LogP contribution in [0.15, 0.2) is 22.5 Å². The molecule has 0 aromatic carbocycles. The topological polar surface area (TPSA) is 70.4 Å². The van der Waals surface area contributed by atoms with E-state index in [1.54, 1.807) is 11.3 Å². The average Bonchev–Trinajstić information content (AvgIpc) is 3.28. The fourth-order valence-electron chi connectivity index (χ4n) is 4.09. The number of hydrogen-bond donors (Lipinski definition) is 2. The van der Waals surface area contributed by atoms with Gasteiger partial charge in [0.2, 0.25) is 0 Å². The Hall–Kier alpha value is -1.93. The number of aryl methyl sites for hydroxylation is 1. The lowest BCUT2D eigenvalue weighted by atomic mass is 10.0. The van der Waals surface area contributed by atoms with E-state index in [4.69, 9.17) is 4.99 Å². The zero-order valence-electron chi connectivity index (χ0n) is 19.6. The summed E-state index contributed by atoms with van der Waals surface area (Å²) in [6, 6.07) is 4.81. The van der Waals surface area contributed by atoms with Gasteiger partial charge in [0.25, 0.3) is 0 Å². The molecule has 8 heteroatoms. The highest BCUT2D eigenvalue weighted by Gasteiger charge is 2.23. The third-order valence-corrected chi connectivity index (χ3v) is 7.10. The molecule has 3 rings (SSSR count). The molecule has 7 nitrogen and oxygen atoms in total. The first-order valence-corrected chi connectivity index (χ1v) is 12.6. The molecule has 31 heavy (non-hydrogen) atoms. The minimum atomic E-state index is 0.513. The van der Waals surface area contributed by atoms with Crippen LogP contribution in [0.2, 0.25) is 0 Å². The molecule has 1 aliphatic heterocycles. The molecule has 2 aromatic heterocycles. The van der Waals surface area contributed by atoms with Crippen molar-refractivity contribution < 1.29 is 0 Å². The fraction of sp³-hybridized carbons (Fsp3) is 0.696. The number of aromatic nitrogens is 3. The van der Waals surface area contributed by atoms with Gasteiger partial charge in [-0.1, -0.05) is 32.8 Å². The number of aliphatic imine (C=N–C) groups is 1. The van der Waals surface area contributed by atoms with E-state index in [9.17, 15) is 0 Å². The van der Waals surface area contributed by atoms with Crippen LogP contribution < -0.4 is 10.6 Å². The van der Waals surface area contributed by atoms with Crippen LogP contribution in [0.3, 0.4) is 0 Å². The average molecular weight is 446 g/mol. The van der Waals surface area contributed by atoms with Crippen LogP contribution in [0, 0.1) is 12.8 Å². The summed E-state index contributed by atoms with van der Waals surface area (Å²) in [5.41, 5.74) is 0. The van der Waals surface area contributed by atoms with E-state index < -0.39 is 0 Å². The van der Waals surface area contributed by atoms with Crippen molar-refractivity contribution >= 4 is 17.3 Å². The number of nitrogens with zero attached hydrogens (tertiary/aromatic N) is 5. The quantitative estimate of drug-likeness (QED) is 0.457. The normalized spacial score (nSPS) is 17.0. The van der Waals surface area contributed by atoms with E-state index in [0.717, 1.165) is 37.1 Å². The van der Waals surface area contributed by atoms with Crippen LogP contribution in [0.25, 0.3) is 0 Å². The summed E-state index contributed by atoms with van der Waals surface area (Å²) in [6.07, 6.45) is 6.36. The molecule has 0 aliphatic carbocycles. The molecule has 1 unspecified atom stereocenters. The van der Waals surface area contributed by atoms with Gasteiger partial charge in [-0.05, 0) is 56.6 Å². The van der Waals surface area contributed by atoms with Crippen molar-refractivity contribution in [1.29, 1.82) is 0 Å². The summed E-state index contributed by atoms with van der Waals surface area (Å²) >= 11 is 1.80. The summed E-state index contributed by atoms with van der Waals surface area (Å²) in [4.78, 5) is 8.91. The summed E-state index contributed by atoms with van der Waals surface area (Å²) in [7, 11) is 1.99. The lowest BCUT2D eigenvalue weighted by molar-refractivity contribution is 0.161. The Morgan fingerprint density at radius 1 is 1.16 bits per heavy atom. The van der Waals surface area contributed by atoms with E-state index in [2.05, 4.69) is 57.1 Å². The molecule has 0 bridgehead atoms. The molecule has 1 saturated heterocycles. The highest BCUT2D eigenvalue weighted by Crippen LogP contribution is 2.17. The van der Waals surface area contributed by atoms with Crippen LogP contribution in [-0.2, 0) is 20.0 Å². The Morgan fingerprint density at radius 2 is 1.94 bits per heavy atom. The Kier molecular flexibility index (Phi) is 9.33. The van der Waals surface area contributed by atoms with Crippen molar-refractivity contribution in [2.45, 2.75) is 65.5 Å². The van der Waals surface area contributed by atoms with Gasteiger partial charge in [0.1, 0.15) is 12.4 Å². The monoisotopic (exact) mass is 445 g/mol. The SMILES string of the molecule is Cc1nnc(CN=C(NCCc2cccs2)NCC(C(C)C)N2CCCCCC2)n1C. The molecule has 1 atom stereocenters.